The van der Waals surface area contributed by atoms with Crippen molar-refractivity contribution < 1.29 is 0 Å². The molecule has 0 spiro atoms. The maximum Gasteiger partial charge on any atom is 0.0614 e. The summed E-state index contributed by atoms with van der Waals surface area (Å²) in [5.41, 5.74) is 5.89. The monoisotopic (exact) mass is 312 g/mol. The maximum atomic E-state index is 3.55. The Kier molecular flexibility index (Phi) is 3.48. The van der Waals surface area contributed by atoms with E-state index in [1.807, 2.05) is 0 Å². The quantitative estimate of drug-likeness (QED) is 0.869. The topological polar surface area (TPSA) is 15.3 Å². The van der Waals surface area contributed by atoms with Crippen LogP contribution in [0.1, 0.15) is 17.2 Å². The molecule has 2 heterocycles. The molecule has 114 valence electrons. The van der Waals surface area contributed by atoms with Crippen LogP contribution in [0.2, 0.25) is 0 Å². The molecular formula is C19H21ClN2. The molecule has 22 heavy (non-hydrogen) atoms. The van der Waals surface area contributed by atoms with Crippen LogP contribution >= 0.6 is 12.4 Å². The van der Waals surface area contributed by atoms with Crippen LogP contribution in [0.25, 0.3) is 11.1 Å². The van der Waals surface area contributed by atoms with Gasteiger partial charge in [-0.25, -0.2) is 0 Å². The smallest absolute Gasteiger partial charge is 0.0614 e. The number of hydrogen-bond acceptors (Lipinski definition) is 2. The highest BCUT2D eigenvalue weighted by Gasteiger charge is 2.42. The highest BCUT2D eigenvalue weighted by molar-refractivity contribution is 5.85. The fraction of sp³-hybridized carbons (Fsp3) is 0.368. The van der Waals surface area contributed by atoms with E-state index in [1.165, 1.54) is 48.4 Å². The van der Waals surface area contributed by atoms with E-state index < -0.39 is 0 Å². The Hall–Kier alpha value is -1.35. The van der Waals surface area contributed by atoms with Gasteiger partial charge in [-0.2, -0.15) is 0 Å². The van der Waals surface area contributed by atoms with E-state index in [1.54, 1.807) is 0 Å². The molecule has 2 saturated heterocycles. The highest BCUT2D eigenvalue weighted by atomic mass is 35.5. The Labute approximate surface area is 137 Å². The molecule has 2 aliphatic heterocycles. The predicted octanol–water partition coefficient (Wildman–Crippen LogP) is 3.33. The number of rotatable bonds is 1. The summed E-state index contributed by atoms with van der Waals surface area (Å²) >= 11 is 0. The Balaban J connectivity index is 0.00000125. The molecule has 0 bridgehead atoms. The number of fused-ring (bicyclic) bond motifs is 4. The molecule has 5 rings (SSSR count). The first-order chi connectivity index (χ1) is 10.4. The minimum absolute atomic E-state index is 0. The van der Waals surface area contributed by atoms with Gasteiger partial charge in [-0.15, -0.1) is 12.4 Å². The first-order valence-electron chi connectivity index (χ1n) is 8.05. The summed E-state index contributed by atoms with van der Waals surface area (Å²) in [5, 5.41) is 3.55. The van der Waals surface area contributed by atoms with E-state index in [4.69, 9.17) is 0 Å². The van der Waals surface area contributed by atoms with Crippen molar-refractivity contribution in [3.8, 4) is 11.1 Å². The summed E-state index contributed by atoms with van der Waals surface area (Å²) in [6.45, 7) is 4.89. The van der Waals surface area contributed by atoms with Gasteiger partial charge in [0.1, 0.15) is 0 Å². The second-order valence-corrected chi connectivity index (χ2v) is 6.71. The molecule has 3 aliphatic rings. The number of nitrogens with zero attached hydrogens (tertiary/aromatic N) is 1. The third-order valence-electron chi connectivity index (χ3n) is 5.58. The number of hydrogen-bond donors (Lipinski definition) is 1. The Morgan fingerprint density at radius 3 is 1.82 bits per heavy atom. The summed E-state index contributed by atoms with van der Waals surface area (Å²) in [5.74, 6) is 1.70. The second-order valence-electron chi connectivity index (χ2n) is 6.71. The van der Waals surface area contributed by atoms with Crippen LogP contribution in [0.3, 0.4) is 0 Å². The predicted molar refractivity (Wildman–Crippen MR) is 92.4 cm³/mol. The van der Waals surface area contributed by atoms with Crippen molar-refractivity contribution in [1.29, 1.82) is 0 Å². The van der Waals surface area contributed by atoms with Crippen molar-refractivity contribution in [2.45, 2.75) is 6.04 Å². The van der Waals surface area contributed by atoms with Crippen molar-refractivity contribution in [3.05, 3.63) is 59.7 Å². The number of nitrogens with one attached hydrogen (secondary N) is 1. The molecule has 3 heteroatoms. The minimum atomic E-state index is 0. The molecule has 1 aliphatic carbocycles. The third kappa shape index (κ3) is 1.95. The molecule has 2 aromatic rings. The lowest BCUT2D eigenvalue weighted by Gasteiger charge is -2.27. The van der Waals surface area contributed by atoms with Crippen LogP contribution in [-0.4, -0.2) is 31.1 Å². The van der Waals surface area contributed by atoms with Crippen LogP contribution in [0.4, 0.5) is 0 Å². The molecule has 0 saturated carbocycles. The van der Waals surface area contributed by atoms with E-state index >= 15 is 0 Å². The van der Waals surface area contributed by atoms with Crippen molar-refractivity contribution >= 4 is 12.4 Å². The van der Waals surface area contributed by atoms with Crippen molar-refractivity contribution in [2.75, 3.05) is 26.2 Å². The standard InChI is InChI=1S/C19H20N2.ClH/c1-3-7-17-15(5-1)16-6-2-4-8-18(16)19(17)21-11-13-9-20-10-14(13)12-21;/h1-8,13-14,19-20H,9-12H2;1H/t13-,14+;. The lowest BCUT2D eigenvalue weighted by atomic mass is 10.0. The summed E-state index contributed by atoms with van der Waals surface area (Å²) in [6, 6.07) is 18.4. The maximum absolute atomic E-state index is 3.55. The van der Waals surface area contributed by atoms with Crippen LogP contribution in [0, 0.1) is 11.8 Å². The average molecular weight is 313 g/mol. The van der Waals surface area contributed by atoms with E-state index in [2.05, 4.69) is 58.7 Å². The first-order valence-corrected chi connectivity index (χ1v) is 8.05. The Bertz CT molecular complexity index is 642. The van der Waals surface area contributed by atoms with Gasteiger partial charge in [0.05, 0.1) is 6.04 Å². The van der Waals surface area contributed by atoms with Crippen molar-refractivity contribution in [1.82, 2.24) is 10.2 Å². The van der Waals surface area contributed by atoms with Crippen LogP contribution in [-0.2, 0) is 0 Å². The van der Waals surface area contributed by atoms with Gasteiger partial charge < -0.3 is 5.32 Å². The zero-order valence-electron chi connectivity index (χ0n) is 12.5. The molecule has 0 unspecified atom stereocenters. The normalized spacial score (nSPS) is 26.4. The van der Waals surface area contributed by atoms with Crippen LogP contribution in [0.5, 0.6) is 0 Å². The van der Waals surface area contributed by atoms with E-state index in [0.717, 1.165) is 11.8 Å². The lowest BCUT2D eigenvalue weighted by Crippen LogP contribution is -2.29. The fourth-order valence-electron chi connectivity index (χ4n) is 4.62. The van der Waals surface area contributed by atoms with E-state index in [0.29, 0.717) is 6.04 Å². The molecule has 0 aromatic heterocycles. The molecule has 2 aromatic carbocycles. The van der Waals surface area contributed by atoms with Gasteiger partial charge in [0.15, 0.2) is 0 Å². The Morgan fingerprint density at radius 2 is 1.27 bits per heavy atom. The highest BCUT2D eigenvalue weighted by Crippen LogP contribution is 2.48. The first kappa shape index (κ1) is 14.3. The van der Waals surface area contributed by atoms with Gasteiger partial charge in [-0.05, 0) is 47.2 Å². The van der Waals surface area contributed by atoms with E-state index in [-0.39, 0.29) is 12.4 Å². The number of benzene rings is 2. The van der Waals surface area contributed by atoms with Gasteiger partial charge in [0.25, 0.3) is 0 Å². The number of halogens is 1. The molecule has 2 atom stereocenters. The molecule has 0 radical (unpaired) electrons. The third-order valence-corrected chi connectivity index (χ3v) is 5.58. The number of likely N-dealkylation sites (tertiary alicyclic amines) is 1. The largest absolute Gasteiger partial charge is 0.316 e. The van der Waals surface area contributed by atoms with Crippen molar-refractivity contribution in [3.63, 3.8) is 0 Å². The van der Waals surface area contributed by atoms with E-state index in [9.17, 15) is 0 Å². The van der Waals surface area contributed by atoms with Gasteiger partial charge in [0, 0.05) is 13.1 Å². The zero-order chi connectivity index (χ0) is 13.8. The van der Waals surface area contributed by atoms with Gasteiger partial charge in [0.2, 0.25) is 0 Å². The summed E-state index contributed by atoms with van der Waals surface area (Å²) in [7, 11) is 0. The van der Waals surface area contributed by atoms with Crippen molar-refractivity contribution in [2.24, 2.45) is 11.8 Å². The fourth-order valence-corrected chi connectivity index (χ4v) is 4.62. The van der Waals surface area contributed by atoms with Gasteiger partial charge >= 0.3 is 0 Å². The average Bonchev–Trinajstić information content (AvgIpc) is 3.17. The molecular weight excluding hydrogens is 292 g/mol. The lowest BCUT2D eigenvalue weighted by molar-refractivity contribution is 0.264. The molecule has 0 amide bonds. The molecule has 2 fully saturated rings. The molecule has 2 nitrogen and oxygen atoms in total. The SMILES string of the molecule is Cl.c1ccc2c(c1)-c1ccccc1C2N1C[C@H]2CNC[C@H]2C1. The summed E-state index contributed by atoms with van der Waals surface area (Å²) < 4.78 is 0. The summed E-state index contributed by atoms with van der Waals surface area (Å²) in [6.07, 6.45) is 0. The van der Waals surface area contributed by atoms with Crippen LogP contribution in [0.15, 0.2) is 48.5 Å². The minimum Gasteiger partial charge on any atom is -0.316 e. The summed E-state index contributed by atoms with van der Waals surface area (Å²) in [4.78, 5) is 2.72. The molecule has 1 N–H and O–H groups in total. The Morgan fingerprint density at radius 1 is 0.773 bits per heavy atom. The van der Waals surface area contributed by atoms with Gasteiger partial charge in [-0.3, -0.25) is 4.90 Å². The zero-order valence-corrected chi connectivity index (χ0v) is 13.4. The van der Waals surface area contributed by atoms with Gasteiger partial charge in [-0.1, -0.05) is 48.5 Å². The second kappa shape index (κ2) is 5.38. The van der Waals surface area contributed by atoms with Crippen LogP contribution < -0.4 is 5.32 Å².